The first kappa shape index (κ1) is 18.7. The zero-order chi connectivity index (χ0) is 12.6. The highest BCUT2D eigenvalue weighted by Gasteiger charge is 2.39. The standard InChI is InChI=1S/C12H26N2O2.H3N/c1-4-5-6-8-12(11(15)16,14(2)3)9-7-10-13;/h4-10,13H2,1-3H3,(H,15,16);1H3. The zero-order valence-corrected chi connectivity index (χ0v) is 11.5. The number of likely N-dealkylation sites (N-methyl/N-ethyl adjacent to an activating group) is 1. The average molecular weight is 247 g/mol. The number of rotatable bonds is 9. The van der Waals surface area contributed by atoms with Crippen LogP contribution in [0.4, 0.5) is 0 Å². The zero-order valence-electron chi connectivity index (χ0n) is 11.5. The van der Waals surface area contributed by atoms with Crippen molar-refractivity contribution >= 4 is 5.97 Å². The largest absolute Gasteiger partial charge is 0.480 e. The van der Waals surface area contributed by atoms with Gasteiger partial charge in [-0.15, -0.1) is 0 Å². The molecule has 0 heterocycles. The Morgan fingerprint density at radius 1 is 1.24 bits per heavy atom. The van der Waals surface area contributed by atoms with E-state index >= 15 is 0 Å². The maximum atomic E-state index is 11.5. The summed E-state index contributed by atoms with van der Waals surface area (Å²) in [5.41, 5.74) is 4.75. The molecule has 0 aromatic rings. The van der Waals surface area contributed by atoms with Crippen LogP contribution in [-0.4, -0.2) is 42.2 Å². The van der Waals surface area contributed by atoms with Gasteiger partial charge < -0.3 is 17.0 Å². The molecule has 17 heavy (non-hydrogen) atoms. The molecule has 0 aromatic carbocycles. The molecule has 0 amide bonds. The minimum atomic E-state index is -0.728. The van der Waals surface area contributed by atoms with Crippen molar-refractivity contribution in [2.75, 3.05) is 20.6 Å². The van der Waals surface area contributed by atoms with E-state index in [2.05, 4.69) is 6.92 Å². The van der Waals surface area contributed by atoms with Gasteiger partial charge in [-0.05, 0) is 39.9 Å². The SMILES string of the molecule is CCCCCC(CCCN)(C(=O)O)N(C)C.N. The van der Waals surface area contributed by atoms with Gasteiger partial charge in [-0.1, -0.05) is 26.2 Å². The Bertz CT molecular complexity index is 210. The average Bonchev–Trinajstić information content (AvgIpc) is 2.22. The highest BCUT2D eigenvalue weighted by atomic mass is 16.4. The Balaban J connectivity index is 0. The molecular formula is C12H29N3O2. The molecule has 104 valence electrons. The van der Waals surface area contributed by atoms with Gasteiger partial charge in [-0.3, -0.25) is 9.69 Å². The molecule has 0 radical (unpaired) electrons. The summed E-state index contributed by atoms with van der Waals surface area (Å²) in [6.45, 7) is 2.68. The number of hydrogen-bond donors (Lipinski definition) is 3. The lowest BCUT2D eigenvalue weighted by Crippen LogP contribution is -2.51. The third-order valence-electron chi connectivity index (χ3n) is 3.24. The molecule has 5 nitrogen and oxygen atoms in total. The smallest absolute Gasteiger partial charge is 0.324 e. The molecule has 0 aliphatic carbocycles. The lowest BCUT2D eigenvalue weighted by molar-refractivity contribution is -0.151. The summed E-state index contributed by atoms with van der Waals surface area (Å²) in [4.78, 5) is 13.3. The number of nitrogens with zero attached hydrogens (tertiary/aromatic N) is 1. The van der Waals surface area contributed by atoms with E-state index in [1.165, 1.54) is 0 Å². The fourth-order valence-corrected chi connectivity index (χ4v) is 2.04. The van der Waals surface area contributed by atoms with Gasteiger partial charge in [0, 0.05) is 0 Å². The van der Waals surface area contributed by atoms with E-state index in [0.717, 1.165) is 25.7 Å². The molecule has 0 aliphatic rings. The van der Waals surface area contributed by atoms with Crippen molar-refractivity contribution in [3.8, 4) is 0 Å². The van der Waals surface area contributed by atoms with Crippen LogP contribution in [0.15, 0.2) is 0 Å². The fourth-order valence-electron chi connectivity index (χ4n) is 2.04. The second-order valence-corrected chi connectivity index (χ2v) is 4.58. The van der Waals surface area contributed by atoms with E-state index in [0.29, 0.717) is 19.4 Å². The Kier molecular flexibility index (Phi) is 10.3. The molecule has 0 saturated heterocycles. The monoisotopic (exact) mass is 247 g/mol. The van der Waals surface area contributed by atoms with Crippen molar-refractivity contribution in [1.29, 1.82) is 0 Å². The van der Waals surface area contributed by atoms with Crippen LogP contribution in [0.3, 0.4) is 0 Å². The fraction of sp³-hybridized carbons (Fsp3) is 0.917. The summed E-state index contributed by atoms with van der Waals surface area (Å²) in [6, 6.07) is 0. The van der Waals surface area contributed by atoms with E-state index in [9.17, 15) is 9.90 Å². The minimum Gasteiger partial charge on any atom is -0.480 e. The second kappa shape index (κ2) is 9.39. The van der Waals surface area contributed by atoms with Crippen LogP contribution in [0.2, 0.25) is 0 Å². The number of carboxylic acids is 1. The highest BCUT2D eigenvalue weighted by molar-refractivity contribution is 5.78. The molecule has 6 N–H and O–H groups in total. The number of aliphatic carboxylic acids is 1. The predicted molar refractivity (Wildman–Crippen MR) is 71.5 cm³/mol. The lowest BCUT2D eigenvalue weighted by atomic mass is 9.86. The summed E-state index contributed by atoms with van der Waals surface area (Å²) in [6.07, 6.45) is 5.27. The van der Waals surface area contributed by atoms with Gasteiger partial charge in [0.25, 0.3) is 0 Å². The van der Waals surface area contributed by atoms with Crippen LogP contribution in [0, 0.1) is 0 Å². The van der Waals surface area contributed by atoms with Crippen LogP contribution in [0.5, 0.6) is 0 Å². The number of carboxylic acid groups (broad SMARTS) is 1. The number of carbonyl (C=O) groups is 1. The van der Waals surface area contributed by atoms with E-state index in [-0.39, 0.29) is 6.15 Å². The molecular weight excluding hydrogens is 218 g/mol. The van der Waals surface area contributed by atoms with Crippen LogP contribution >= 0.6 is 0 Å². The van der Waals surface area contributed by atoms with Gasteiger partial charge in [0.05, 0.1) is 0 Å². The lowest BCUT2D eigenvalue weighted by Gasteiger charge is -2.36. The van der Waals surface area contributed by atoms with Crippen LogP contribution in [-0.2, 0) is 4.79 Å². The molecule has 0 bridgehead atoms. The summed E-state index contributed by atoms with van der Waals surface area (Å²) >= 11 is 0. The molecule has 1 atom stereocenters. The van der Waals surface area contributed by atoms with Gasteiger partial charge >= 0.3 is 5.97 Å². The third kappa shape index (κ3) is 5.48. The van der Waals surface area contributed by atoms with Crippen molar-refractivity contribution in [2.24, 2.45) is 5.73 Å². The van der Waals surface area contributed by atoms with Crippen LogP contribution in [0.25, 0.3) is 0 Å². The Labute approximate surface area is 105 Å². The normalized spacial score (nSPS) is 14.2. The summed E-state index contributed by atoms with van der Waals surface area (Å²) in [5, 5.41) is 9.44. The summed E-state index contributed by atoms with van der Waals surface area (Å²) < 4.78 is 0. The van der Waals surface area contributed by atoms with Gasteiger partial charge in [-0.2, -0.15) is 0 Å². The first-order valence-corrected chi connectivity index (χ1v) is 6.12. The molecule has 0 aliphatic heterocycles. The quantitative estimate of drug-likeness (QED) is 0.540. The molecule has 0 fully saturated rings. The van der Waals surface area contributed by atoms with Crippen LogP contribution in [0.1, 0.15) is 45.4 Å². The first-order chi connectivity index (χ1) is 7.51. The van der Waals surface area contributed by atoms with Crippen LogP contribution < -0.4 is 11.9 Å². The summed E-state index contributed by atoms with van der Waals surface area (Å²) in [5.74, 6) is -0.720. The maximum Gasteiger partial charge on any atom is 0.324 e. The molecule has 1 unspecified atom stereocenters. The molecule has 0 aromatic heterocycles. The molecule has 0 spiro atoms. The van der Waals surface area contributed by atoms with E-state index in [4.69, 9.17) is 5.73 Å². The van der Waals surface area contributed by atoms with Gasteiger partial charge in [0.2, 0.25) is 0 Å². The third-order valence-corrected chi connectivity index (χ3v) is 3.24. The van der Waals surface area contributed by atoms with Crippen molar-refractivity contribution in [1.82, 2.24) is 11.1 Å². The van der Waals surface area contributed by atoms with Gasteiger partial charge in [0.15, 0.2) is 0 Å². The van der Waals surface area contributed by atoms with Gasteiger partial charge in [0.1, 0.15) is 5.54 Å². The Morgan fingerprint density at radius 2 is 1.76 bits per heavy atom. The number of unbranched alkanes of at least 4 members (excludes halogenated alkanes) is 2. The van der Waals surface area contributed by atoms with E-state index in [1.54, 1.807) is 0 Å². The van der Waals surface area contributed by atoms with Crippen molar-refractivity contribution in [3.05, 3.63) is 0 Å². The topological polar surface area (TPSA) is 102 Å². The van der Waals surface area contributed by atoms with Crippen molar-refractivity contribution in [3.63, 3.8) is 0 Å². The maximum absolute atomic E-state index is 11.5. The molecule has 5 heteroatoms. The minimum absolute atomic E-state index is 0. The summed E-state index contributed by atoms with van der Waals surface area (Å²) in [7, 11) is 3.69. The number of nitrogens with two attached hydrogens (primary N) is 1. The van der Waals surface area contributed by atoms with Gasteiger partial charge in [-0.25, -0.2) is 0 Å². The second-order valence-electron chi connectivity index (χ2n) is 4.58. The molecule has 0 saturated carbocycles. The predicted octanol–water partition coefficient (Wildman–Crippen LogP) is 1.85. The van der Waals surface area contributed by atoms with E-state index in [1.807, 2.05) is 19.0 Å². The number of hydrogen-bond acceptors (Lipinski definition) is 4. The van der Waals surface area contributed by atoms with E-state index < -0.39 is 11.5 Å². The first-order valence-electron chi connectivity index (χ1n) is 6.12. The Morgan fingerprint density at radius 3 is 2.12 bits per heavy atom. The van der Waals surface area contributed by atoms with Crippen molar-refractivity contribution < 1.29 is 9.90 Å². The molecule has 0 rings (SSSR count). The highest BCUT2D eigenvalue weighted by Crippen LogP contribution is 2.26. The Hall–Kier alpha value is -0.650. The van der Waals surface area contributed by atoms with Crippen molar-refractivity contribution in [2.45, 2.75) is 51.0 Å².